The van der Waals surface area contributed by atoms with Crippen molar-refractivity contribution < 1.29 is 19.4 Å². The fourth-order valence-corrected chi connectivity index (χ4v) is 1.94. The van der Waals surface area contributed by atoms with E-state index in [1.165, 1.54) is 0 Å². The van der Waals surface area contributed by atoms with Gasteiger partial charge in [0, 0.05) is 6.20 Å². The van der Waals surface area contributed by atoms with E-state index in [0.717, 1.165) is 5.75 Å². The number of aliphatic hydroxyl groups is 1. The molecule has 0 bridgehead atoms. The minimum atomic E-state index is -0.427. The molecule has 1 aromatic heterocycles. The van der Waals surface area contributed by atoms with Crippen LogP contribution in [0.3, 0.4) is 0 Å². The van der Waals surface area contributed by atoms with E-state index in [2.05, 4.69) is 15.6 Å². The second-order valence-electron chi connectivity index (χ2n) is 5.02. The highest BCUT2D eigenvalue weighted by atomic mass is 16.5. The molecule has 0 aliphatic rings. The standard InChI is InChI=1S/C17H21N3O4/c1-3-12(11-21)19-17(22)20-15-5-4-10-18-16(15)24-14-8-6-13(23-2)7-9-14/h4-10,12,21H,3,11H2,1-2H3,(H2,19,20,22)/t12-/m0/s1. The topological polar surface area (TPSA) is 92.7 Å². The summed E-state index contributed by atoms with van der Waals surface area (Å²) in [6.45, 7) is 1.76. The highest BCUT2D eigenvalue weighted by Crippen LogP contribution is 2.27. The minimum Gasteiger partial charge on any atom is -0.497 e. The molecule has 2 rings (SSSR count). The van der Waals surface area contributed by atoms with Crippen molar-refractivity contribution in [2.45, 2.75) is 19.4 Å². The van der Waals surface area contributed by atoms with Gasteiger partial charge < -0.3 is 25.2 Å². The summed E-state index contributed by atoms with van der Waals surface area (Å²) in [5, 5.41) is 14.5. The molecule has 0 radical (unpaired) electrons. The molecular formula is C17H21N3O4. The molecule has 1 atom stereocenters. The summed E-state index contributed by atoms with van der Waals surface area (Å²) in [5.41, 5.74) is 0.429. The summed E-state index contributed by atoms with van der Waals surface area (Å²) in [6, 6.07) is 9.68. The number of anilines is 1. The van der Waals surface area contributed by atoms with Gasteiger partial charge in [-0.15, -0.1) is 0 Å². The van der Waals surface area contributed by atoms with Gasteiger partial charge in [-0.2, -0.15) is 0 Å². The van der Waals surface area contributed by atoms with Gasteiger partial charge in [0.25, 0.3) is 0 Å². The first-order valence-corrected chi connectivity index (χ1v) is 7.61. The number of rotatable bonds is 7. The first kappa shape index (κ1) is 17.6. The average molecular weight is 331 g/mol. The molecule has 7 nitrogen and oxygen atoms in total. The predicted molar refractivity (Wildman–Crippen MR) is 90.6 cm³/mol. The summed E-state index contributed by atoms with van der Waals surface area (Å²) in [6.07, 6.45) is 2.21. The third kappa shape index (κ3) is 4.85. The quantitative estimate of drug-likeness (QED) is 0.725. The fourth-order valence-electron chi connectivity index (χ4n) is 1.94. The molecule has 7 heteroatoms. The van der Waals surface area contributed by atoms with E-state index >= 15 is 0 Å². The number of carbonyl (C=O) groups is 1. The SMILES string of the molecule is CC[C@@H](CO)NC(=O)Nc1cccnc1Oc1ccc(OC)cc1. The molecule has 0 saturated carbocycles. The van der Waals surface area contributed by atoms with Crippen LogP contribution in [0.25, 0.3) is 0 Å². The minimum absolute atomic E-state index is 0.119. The number of ether oxygens (including phenoxy) is 2. The maximum Gasteiger partial charge on any atom is 0.319 e. The van der Waals surface area contributed by atoms with E-state index in [4.69, 9.17) is 14.6 Å². The smallest absolute Gasteiger partial charge is 0.319 e. The Bertz CT molecular complexity index is 657. The van der Waals surface area contributed by atoms with Crippen molar-refractivity contribution in [2.24, 2.45) is 0 Å². The van der Waals surface area contributed by atoms with Gasteiger partial charge in [0.1, 0.15) is 17.2 Å². The first-order valence-electron chi connectivity index (χ1n) is 7.61. The summed E-state index contributed by atoms with van der Waals surface area (Å²) in [5.74, 6) is 1.56. The highest BCUT2D eigenvalue weighted by molar-refractivity contribution is 5.90. The third-order valence-corrected chi connectivity index (χ3v) is 3.34. The van der Waals surface area contributed by atoms with Crippen LogP contribution in [0.5, 0.6) is 17.4 Å². The lowest BCUT2D eigenvalue weighted by molar-refractivity contribution is 0.222. The molecule has 1 heterocycles. The maximum atomic E-state index is 12.0. The Labute approximate surface area is 140 Å². The van der Waals surface area contributed by atoms with Gasteiger partial charge >= 0.3 is 6.03 Å². The summed E-state index contributed by atoms with van der Waals surface area (Å²) in [7, 11) is 1.59. The summed E-state index contributed by atoms with van der Waals surface area (Å²) in [4.78, 5) is 16.1. The second-order valence-corrected chi connectivity index (χ2v) is 5.02. The van der Waals surface area contributed by atoms with E-state index in [1.807, 2.05) is 6.92 Å². The Morgan fingerprint density at radius 2 is 1.96 bits per heavy atom. The van der Waals surface area contributed by atoms with Crippen molar-refractivity contribution in [3.05, 3.63) is 42.6 Å². The Balaban J connectivity index is 2.07. The number of aliphatic hydroxyl groups excluding tert-OH is 1. The zero-order chi connectivity index (χ0) is 17.4. The van der Waals surface area contributed by atoms with E-state index < -0.39 is 6.03 Å². The van der Waals surface area contributed by atoms with Crippen LogP contribution in [0.2, 0.25) is 0 Å². The fraction of sp³-hybridized carbons (Fsp3) is 0.294. The number of aromatic nitrogens is 1. The molecule has 0 fully saturated rings. The number of benzene rings is 1. The molecule has 2 amide bonds. The van der Waals surface area contributed by atoms with E-state index in [-0.39, 0.29) is 18.5 Å². The molecule has 3 N–H and O–H groups in total. The third-order valence-electron chi connectivity index (χ3n) is 3.34. The molecule has 2 aromatic rings. The normalized spacial score (nSPS) is 11.5. The van der Waals surface area contributed by atoms with Crippen LogP contribution < -0.4 is 20.1 Å². The summed E-state index contributed by atoms with van der Waals surface area (Å²) < 4.78 is 10.8. The van der Waals surface area contributed by atoms with Gasteiger partial charge in [-0.1, -0.05) is 6.92 Å². The number of nitrogens with zero attached hydrogens (tertiary/aromatic N) is 1. The van der Waals surface area contributed by atoms with Crippen LogP contribution in [0, 0.1) is 0 Å². The van der Waals surface area contributed by atoms with Crippen molar-refractivity contribution >= 4 is 11.7 Å². The number of amides is 2. The Morgan fingerprint density at radius 3 is 2.58 bits per heavy atom. The molecular weight excluding hydrogens is 310 g/mol. The van der Waals surface area contributed by atoms with Gasteiger partial charge in [-0.25, -0.2) is 9.78 Å². The molecule has 24 heavy (non-hydrogen) atoms. The highest BCUT2D eigenvalue weighted by Gasteiger charge is 2.12. The molecule has 0 spiro atoms. The van der Waals surface area contributed by atoms with E-state index in [1.54, 1.807) is 49.7 Å². The van der Waals surface area contributed by atoms with Gasteiger partial charge in [-0.05, 0) is 42.8 Å². The average Bonchev–Trinajstić information content (AvgIpc) is 2.62. The van der Waals surface area contributed by atoms with Crippen LogP contribution in [0.1, 0.15) is 13.3 Å². The van der Waals surface area contributed by atoms with Crippen molar-refractivity contribution in [3.63, 3.8) is 0 Å². The molecule has 0 aliphatic carbocycles. The maximum absolute atomic E-state index is 12.0. The number of carbonyl (C=O) groups excluding carboxylic acids is 1. The van der Waals surface area contributed by atoms with Crippen LogP contribution in [-0.4, -0.2) is 35.9 Å². The molecule has 0 unspecified atom stereocenters. The number of nitrogens with one attached hydrogen (secondary N) is 2. The van der Waals surface area contributed by atoms with Crippen LogP contribution >= 0.6 is 0 Å². The largest absolute Gasteiger partial charge is 0.497 e. The van der Waals surface area contributed by atoms with Gasteiger partial charge in [0.15, 0.2) is 0 Å². The Hall–Kier alpha value is -2.80. The zero-order valence-corrected chi connectivity index (χ0v) is 13.7. The van der Waals surface area contributed by atoms with Crippen molar-refractivity contribution in [3.8, 4) is 17.4 Å². The summed E-state index contributed by atoms with van der Waals surface area (Å²) >= 11 is 0. The number of pyridine rings is 1. The van der Waals surface area contributed by atoms with Crippen molar-refractivity contribution in [1.82, 2.24) is 10.3 Å². The molecule has 0 aliphatic heterocycles. The van der Waals surface area contributed by atoms with Crippen LogP contribution in [0.4, 0.5) is 10.5 Å². The van der Waals surface area contributed by atoms with Gasteiger partial charge in [-0.3, -0.25) is 0 Å². The molecule has 128 valence electrons. The van der Waals surface area contributed by atoms with Crippen molar-refractivity contribution in [2.75, 3.05) is 19.0 Å². The molecule has 1 aromatic carbocycles. The number of methoxy groups -OCH3 is 1. The predicted octanol–water partition coefficient (Wildman–Crippen LogP) is 2.77. The lowest BCUT2D eigenvalue weighted by Crippen LogP contribution is -2.39. The number of hydrogen-bond donors (Lipinski definition) is 3. The van der Waals surface area contributed by atoms with Crippen LogP contribution in [-0.2, 0) is 0 Å². The van der Waals surface area contributed by atoms with E-state index in [9.17, 15) is 4.79 Å². The van der Waals surface area contributed by atoms with Crippen molar-refractivity contribution in [1.29, 1.82) is 0 Å². The Morgan fingerprint density at radius 1 is 1.25 bits per heavy atom. The monoisotopic (exact) mass is 331 g/mol. The first-order chi connectivity index (χ1) is 11.7. The second kappa shape index (κ2) is 8.73. The zero-order valence-electron chi connectivity index (χ0n) is 13.7. The lowest BCUT2D eigenvalue weighted by Gasteiger charge is -2.16. The number of urea groups is 1. The molecule has 0 saturated heterocycles. The van der Waals surface area contributed by atoms with Gasteiger partial charge in [0.2, 0.25) is 5.88 Å². The van der Waals surface area contributed by atoms with Crippen LogP contribution in [0.15, 0.2) is 42.6 Å². The van der Waals surface area contributed by atoms with Gasteiger partial charge in [0.05, 0.1) is 19.8 Å². The van der Waals surface area contributed by atoms with E-state index in [0.29, 0.717) is 17.9 Å². The Kier molecular flexibility index (Phi) is 6.39. The lowest BCUT2D eigenvalue weighted by atomic mass is 10.2. The number of hydrogen-bond acceptors (Lipinski definition) is 5.